The molecule has 0 atom stereocenters. The Bertz CT molecular complexity index is 699. The summed E-state index contributed by atoms with van der Waals surface area (Å²) in [5.74, 6) is 1.27. The minimum Gasteiger partial charge on any atom is -0.493 e. The van der Waals surface area contributed by atoms with E-state index in [0.29, 0.717) is 16.6 Å². The van der Waals surface area contributed by atoms with Gasteiger partial charge in [-0.05, 0) is 43.4 Å². The van der Waals surface area contributed by atoms with Crippen molar-refractivity contribution in [3.63, 3.8) is 0 Å². The minimum atomic E-state index is 0.409. The van der Waals surface area contributed by atoms with Gasteiger partial charge in [0.05, 0.1) is 20.4 Å². The molecule has 6 heteroatoms. The zero-order valence-electron chi connectivity index (χ0n) is 13.3. The van der Waals surface area contributed by atoms with E-state index in [0.717, 1.165) is 11.3 Å². The lowest BCUT2D eigenvalue weighted by Gasteiger charge is -2.10. The zero-order valence-corrected chi connectivity index (χ0v) is 14.1. The third-order valence-electron chi connectivity index (χ3n) is 3.11. The van der Waals surface area contributed by atoms with E-state index in [2.05, 4.69) is 15.8 Å². The largest absolute Gasteiger partial charge is 0.493 e. The third-order valence-corrected chi connectivity index (χ3v) is 3.31. The number of nitrogens with one attached hydrogen (secondary N) is 2. The zero-order chi connectivity index (χ0) is 16.7. The molecule has 120 valence electrons. The number of hydrogen-bond donors (Lipinski definition) is 2. The van der Waals surface area contributed by atoms with E-state index in [1.54, 1.807) is 20.4 Å². The minimum absolute atomic E-state index is 0.409. The fourth-order valence-corrected chi connectivity index (χ4v) is 2.14. The van der Waals surface area contributed by atoms with Gasteiger partial charge in [-0.15, -0.1) is 0 Å². The van der Waals surface area contributed by atoms with Crippen LogP contribution in [0.1, 0.15) is 11.1 Å². The summed E-state index contributed by atoms with van der Waals surface area (Å²) in [5.41, 5.74) is 5.66. The molecule has 0 unspecified atom stereocenters. The van der Waals surface area contributed by atoms with Gasteiger partial charge in [0, 0.05) is 11.3 Å². The van der Waals surface area contributed by atoms with Gasteiger partial charge in [0.15, 0.2) is 16.6 Å². The molecule has 0 aliphatic rings. The Morgan fingerprint density at radius 1 is 1.09 bits per heavy atom. The highest BCUT2D eigenvalue weighted by Crippen LogP contribution is 2.29. The Morgan fingerprint density at radius 3 is 2.48 bits per heavy atom. The first-order valence-electron chi connectivity index (χ1n) is 7.01. The van der Waals surface area contributed by atoms with Crippen molar-refractivity contribution in [2.45, 2.75) is 6.92 Å². The van der Waals surface area contributed by atoms with E-state index in [4.69, 9.17) is 21.7 Å². The molecule has 0 aromatic heterocycles. The molecule has 0 amide bonds. The highest BCUT2D eigenvalue weighted by atomic mass is 32.1. The van der Waals surface area contributed by atoms with Crippen molar-refractivity contribution in [1.82, 2.24) is 5.43 Å². The second-order valence-corrected chi connectivity index (χ2v) is 5.18. The molecule has 2 aromatic rings. The number of hydrogen-bond acceptors (Lipinski definition) is 4. The van der Waals surface area contributed by atoms with Crippen LogP contribution in [-0.2, 0) is 0 Å². The summed E-state index contributed by atoms with van der Waals surface area (Å²) in [4.78, 5) is 0. The van der Waals surface area contributed by atoms with Crippen molar-refractivity contribution in [3.8, 4) is 11.5 Å². The summed E-state index contributed by atoms with van der Waals surface area (Å²) < 4.78 is 10.6. The van der Waals surface area contributed by atoms with Crippen LogP contribution in [0.3, 0.4) is 0 Å². The monoisotopic (exact) mass is 329 g/mol. The van der Waals surface area contributed by atoms with Gasteiger partial charge in [0.25, 0.3) is 0 Å². The molecule has 23 heavy (non-hydrogen) atoms. The molecule has 0 saturated heterocycles. The molecule has 0 saturated carbocycles. The number of hydrazone groups is 1. The lowest BCUT2D eigenvalue weighted by molar-refractivity contribution is 0.354. The molecule has 0 fully saturated rings. The average molecular weight is 329 g/mol. The van der Waals surface area contributed by atoms with E-state index in [1.807, 2.05) is 49.4 Å². The van der Waals surface area contributed by atoms with Crippen LogP contribution in [0.2, 0.25) is 0 Å². The molecular weight excluding hydrogens is 310 g/mol. The first kappa shape index (κ1) is 16.8. The predicted octanol–water partition coefficient (Wildman–Crippen LogP) is 3.33. The van der Waals surface area contributed by atoms with E-state index < -0.39 is 0 Å². The molecule has 2 rings (SSSR count). The van der Waals surface area contributed by atoms with Crippen LogP contribution in [0, 0.1) is 6.92 Å². The van der Waals surface area contributed by atoms with Gasteiger partial charge in [-0.25, -0.2) is 0 Å². The number of aryl methyl sites for hydroxylation is 1. The molecule has 2 N–H and O–H groups in total. The summed E-state index contributed by atoms with van der Waals surface area (Å²) >= 11 is 5.20. The van der Waals surface area contributed by atoms with Gasteiger partial charge in [0.2, 0.25) is 0 Å². The van der Waals surface area contributed by atoms with Crippen LogP contribution >= 0.6 is 12.2 Å². The Labute approximate surface area is 141 Å². The first-order valence-corrected chi connectivity index (χ1v) is 7.42. The number of rotatable bonds is 5. The highest BCUT2D eigenvalue weighted by molar-refractivity contribution is 7.80. The quantitative estimate of drug-likeness (QED) is 0.501. The average Bonchev–Trinajstić information content (AvgIpc) is 2.56. The number of ether oxygens (including phenoxy) is 2. The maximum absolute atomic E-state index is 5.34. The van der Waals surface area contributed by atoms with Gasteiger partial charge in [-0.3, -0.25) is 5.43 Å². The van der Waals surface area contributed by atoms with Crippen LogP contribution in [0.15, 0.2) is 47.6 Å². The van der Waals surface area contributed by atoms with E-state index in [1.165, 1.54) is 5.56 Å². The number of thiocarbonyl (C=S) groups is 1. The molecule has 5 nitrogen and oxygen atoms in total. The fraction of sp³-hybridized carbons (Fsp3) is 0.176. The summed E-state index contributed by atoms with van der Waals surface area (Å²) in [6, 6.07) is 13.5. The summed E-state index contributed by atoms with van der Waals surface area (Å²) in [5, 5.41) is 7.59. The second-order valence-electron chi connectivity index (χ2n) is 4.77. The first-order chi connectivity index (χ1) is 11.1. The second kappa shape index (κ2) is 8.14. The molecule has 2 aromatic carbocycles. The van der Waals surface area contributed by atoms with Crippen molar-refractivity contribution in [3.05, 3.63) is 53.6 Å². The van der Waals surface area contributed by atoms with Gasteiger partial charge < -0.3 is 14.8 Å². The summed E-state index contributed by atoms with van der Waals surface area (Å²) in [6.45, 7) is 2.03. The van der Waals surface area contributed by atoms with E-state index >= 15 is 0 Å². The summed E-state index contributed by atoms with van der Waals surface area (Å²) in [6.07, 6.45) is 1.63. The normalized spacial score (nSPS) is 10.4. The number of nitrogens with zero attached hydrogens (tertiary/aromatic N) is 1. The van der Waals surface area contributed by atoms with Gasteiger partial charge in [-0.1, -0.05) is 23.8 Å². The van der Waals surface area contributed by atoms with Crippen molar-refractivity contribution in [2.24, 2.45) is 5.10 Å². The summed E-state index contributed by atoms with van der Waals surface area (Å²) in [7, 11) is 3.18. The van der Waals surface area contributed by atoms with Crippen LogP contribution < -0.4 is 20.2 Å². The smallest absolute Gasteiger partial charge is 0.191 e. The van der Waals surface area contributed by atoms with Crippen molar-refractivity contribution >= 4 is 29.2 Å². The lowest BCUT2D eigenvalue weighted by Crippen LogP contribution is -2.23. The molecule has 0 heterocycles. The van der Waals surface area contributed by atoms with Gasteiger partial charge in [0.1, 0.15) is 0 Å². The number of benzene rings is 2. The molecule has 0 aliphatic carbocycles. The Kier molecular flexibility index (Phi) is 5.94. The fourth-order valence-electron chi connectivity index (χ4n) is 1.97. The van der Waals surface area contributed by atoms with E-state index in [9.17, 15) is 0 Å². The Morgan fingerprint density at radius 2 is 1.83 bits per heavy atom. The van der Waals surface area contributed by atoms with Gasteiger partial charge in [-0.2, -0.15) is 5.10 Å². The SMILES string of the molecule is COc1cccc(/C=N\NC(=S)Nc2ccc(C)cc2)c1OC. The van der Waals surface area contributed by atoms with Crippen LogP contribution in [-0.4, -0.2) is 25.5 Å². The molecular formula is C17H19N3O2S. The standard InChI is InChI=1S/C17H19N3O2S/c1-12-7-9-14(10-8-12)19-17(23)20-18-11-13-5-4-6-15(21-2)16(13)22-3/h4-11H,1-3H3,(H2,19,20,23)/b18-11-. The maximum Gasteiger partial charge on any atom is 0.191 e. The lowest BCUT2D eigenvalue weighted by atomic mass is 10.2. The van der Waals surface area contributed by atoms with Crippen LogP contribution in [0.25, 0.3) is 0 Å². The number of para-hydroxylation sites is 1. The Hall–Kier alpha value is -2.60. The maximum atomic E-state index is 5.34. The third kappa shape index (κ3) is 4.69. The molecule has 0 aliphatic heterocycles. The van der Waals surface area contributed by atoms with Crippen molar-refractivity contribution in [1.29, 1.82) is 0 Å². The van der Waals surface area contributed by atoms with Crippen LogP contribution in [0.5, 0.6) is 11.5 Å². The Balaban J connectivity index is 1.98. The number of methoxy groups -OCH3 is 2. The molecule has 0 bridgehead atoms. The molecule has 0 radical (unpaired) electrons. The van der Waals surface area contributed by atoms with Crippen LogP contribution in [0.4, 0.5) is 5.69 Å². The topological polar surface area (TPSA) is 54.9 Å². The van der Waals surface area contributed by atoms with Crippen molar-refractivity contribution < 1.29 is 9.47 Å². The molecule has 0 spiro atoms. The van der Waals surface area contributed by atoms with Crippen molar-refractivity contribution in [2.75, 3.05) is 19.5 Å². The van der Waals surface area contributed by atoms with E-state index in [-0.39, 0.29) is 0 Å². The number of anilines is 1. The highest BCUT2D eigenvalue weighted by Gasteiger charge is 2.07. The predicted molar refractivity (Wildman–Crippen MR) is 97.7 cm³/mol. The van der Waals surface area contributed by atoms with Gasteiger partial charge >= 0.3 is 0 Å².